The van der Waals surface area contributed by atoms with Gasteiger partial charge in [-0.25, -0.2) is 13.4 Å². The van der Waals surface area contributed by atoms with Crippen molar-refractivity contribution in [3.63, 3.8) is 0 Å². The number of amides is 1. The molecule has 0 spiro atoms. The number of nitrogens with zero attached hydrogens (tertiary/aromatic N) is 2. The zero-order chi connectivity index (χ0) is 20.5. The minimum Gasteiger partial charge on any atom is -0.497 e. The third-order valence-corrected chi connectivity index (χ3v) is 6.09. The summed E-state index contributed by atoms with van der Waals surface area (Å²) in [5.74, 6) is -0.903. The second-order valence-electron chi connectivity index (χ2n) is 5.95. The molecule has 1 heterocycles. The summed E-state index contributed by atoms with van der Waals surface area (Å²) in [6.07, 6.45) is 0. The van der Waals surface area contributed by atoms with Gasteiger partial charge >= 0.3 is 16.2 Å². The van der Waals surface area contributed by atoms with Crippen molar-refractivity contribution in [2.75, 3.05) is 25.1 Å². The summed E-state index contributed by atoms with van der Waals surface area (Å²) in [7, 11) is -1.25. The third-order valence-electron chi connectivity index (χ3n) is 4.30. The molecular formula is C18H18N2O7S. The summed E-state index contributed by atoms with van der Waals surface area (Å²) < 4.78 is 37.9. The molecule has 1 aliphatic heterocycles. The highest BCUT2D eigenvalue weighted by Crippen LogP contribution is 2.31. The van der Waals surface area contributed by atoms with Crippen molar-refractivity contribution in [2.45, 2.75) is 6.54 Å². The predicted molar refractivity (Wildman–Crippen MR) is 99.8 cm³/mol. The molecule has 0 unspecified atom stereocenters. The number of anilines is 1. The molecule has 2 aromatic carbocycles. The van der Waals surface area contributed by atoms with E-state index < -0.39 is 28.6 Å². The molecule has 1 saturated heterocycles. The molecular weight excluding hydrogens is 388 g/mol. The number of methoxy groups -OCH3 is 2. The third kappa shape index (κ3) is 3.46. The Morgan fingerprint density at radius 2 is 1.89 bits per heavy atom. The van der Waals surface area contributed by atoms with Gasteiger partial charge in [0, 0.05) is 11.6 Å². The first kappa shape index (κ1) is 19.5. The van der Waals surface area contributed by atoms with Crippen LogP contribution >= 0.6 is 0 Å². The molecule has 0 aliphatic carbocycles. The fraction of sp³-hybridized carbons (Fsp3) is 0.222. The monoisotopic (exact) mass is 406 g/mol. The van der Waals surface area contributed by atoms with Gasteiger partial charge in [0.15, 0.2) is 0 Å². The average molecular weight is 406 g/mol. The summed E-state index contributed by atoms with van der Waals surface area (Å²) in [4.78, 5) is 23.6. The van der Waals surface area contributed by atoms with E-state index in [0.29, 0.717) is 17.1 Å². The highest BCUT2D eigenvalue weighted by Gasteiger charge is 2.43. The molecule has 3 rings (SSSR count). The SMILES string of the molecule is COc1ccc(CN2C(=O)CN(c3cccc(C(=O)O)c3)S2(=O)=O)c(OC)c1. The molecule has 1 amide bonds. The number of benzene rings is 2. The van der Waals surface area contributed by atoms with E-state index >= 15 is 0 Å². The summed E-state index contributed by atoms with van der Waals surface area (Å²) >= 11 is 0. The number of hydrogen-bond acceptors (Lipinski definition) is 6. The Hall–Kier alpha value is -3.27. The van der Waals surface area contributed by atoms with E-state index in [1.54, 1.807) is 18.2 Å². The second kappa shape index (κ2) is 7.39. The molecule has 1 fully saturated rings. The van der Waals surface area contributed by atoms with Crippen LogP contribution in [0, 0.1) is 0 Å². The Morgan fingerprint density at radius 3 is 2.54 bits per heavy atom. The minimum absolute atomic E-state index is 0.0737. The number of carboxylic acids is 1. The molecule has 0 saturated carbocycles. The van der Waals surface area contributed by atoms with Crippen molar-refractivity contribution in [1.82, 2.24) is 4.31 Å². The van der Waals surface area contributed by atoms with Crippen LogP contribution in [-0.4, -0.2) is 50.5 Å². The van der Waals surface area contributed by atoms with Gasteiger partial charge in [0.25, 0.3) is 5.91 Å². The summed E-state index contributed by atoms with van der Waals surface area (Å²) in [5, 5.41) is 9.11. The van der Waals surface area contributed by atoms with Crippen molar-refractivity contribution in [1.29, 1.82) is 0 Å². The molecule has 9 nitrogen and oxygen atoms in total. The standard InChI is InChI=1S/C18H18N2O7S/c1-26-15-7-6-13(16(9-15)27-2)10-20-17(21)11-19(28(20,24)25)14-5-3-4-12(8-14)18(22)23/h3-9H,10-11H2,1-2H3,(H,22,23). The van der Waals surface area contributed by atoms with Crippen molar-refractivity contribution >= 4 is 27.8 Å². The van der Waals surface area contributed by atoms with E-state index in [2.05, 4.69) is 0 Å². The number of carbonyl (C=O) groups is 2. The van der Waals surface area contributed by atoms with Crippen LogP contribution in [0.1, 0.15) is 15.9 Å². The van der Waals surface area contributed by atoms with Gasteiger partial charge < -0.3 is 14.6 Å². The lowest BCUT2D eigenvalue weighted by molar-refractivity contribution is -0.124. The highest BCUT2D eigenvalue weighted by atomic mass is 32.2. The molecule has 148 valence electrons. The van der Waals surface area contributed by atoms with Crippen LogP contribution in [0.15, 0.2) is 42.5 Å². The maximum atomic E-state index is 12.9. The molecule has 0 radical (unpaired) electrons. The maximum Gasteiger partial charge on any atom is 0.335 e. The predicted octanol–water partition coefficient (Wildman–Crippen LogP) is 1.50. The van der Waals surface area contributed by atoms with Crippen LogP contribution < -0.4 is 13.8 Å². The minimum atomic E-state index is -4.17. The van der Waals surface area contributed by atoms with E-state index in [0.717, 1.165) is 8.61 Å². The van der Waals surface area contributed by atoms with Crippen molar-refractivity contribution < 1.29 is 32.6 Å². The summed E-state index contributed by atoms with van der Waals surface area (Å²) in [5.41, 5.74) is 0.522. The van der Waals surface area contributed by atoms with Crippen LogP contribution in [0.2, 0.25) is 0 Å². The van der Waals surface area contributed by atoms with Gasteiger partial charge in [-0.05, 0) is 30.3 Å². The molecule has 1 aliphatic rings. The lowest BCUT2D eigenvalue weighted by atomic mass is 10.2. The Morgan fingerprint density at radius 1 is 1.14 bits per heavy atom. The number of carboxylic acid groups (broad SMARTS) is 1. The Labute approximate surface area is 161 Å². The average Bonchev–Trinajstić information content (AvgIpc) is 2.91. The van der Waals surface area contributed by atoms with E-state index in [9.17, 15) is 18.0 Å². The van der Waals surface area contributed by atoms with Gasteiger partial charge in [-0.1, -0.05) is 6.07 Å². The first-order valence-corrected chi connectivity index (χ1v) is 9.55. The topological polar surface area (TPSA) is 113 Å². The molecule has 0 aromatic heterocycles. The lowest BCUT2D eigenvalue weighted by Crippen LogP contribution is -2.34. The Balaban J connectivity index is 1.94. The van der Waals surface area contributed by atoms with Gasteiger partial charge in [-0.2, -0.15) is 8.42 Å². The van der Waals surface area contributed by atoms with Gasteiger partial charge in [-0.15, -0.1) is 0 Å². The molecule has 0 bridgehead atoms. The van der Waals surface area contributed by atoms with Gasteiger partial charge in [0.2, 0.25) is 0 Å². The normalized spacial score (nSPS) is 15.6. The number of hydrogen-bond donors (Lipinski definition) is 1. The largest absolute Gasteiger partial charge is 0.497 e. The zero-order valence-electron chi connectivity index (χ0n) is 15.2. The van der Waals surface area contributed by atoms with Gasteiger partial charge in [0.1, 0.15) is 18.0 Å². The van der Waals surface area contributed by atoms with Crippen LogP contribution in [0.5, 0.6) is 11.5 Å². The fourth-order valence-electron chi connectivity index (χ4n) is 2.86. The Kier molecular flexibility index (Phi) is 5.14. The van der Waals surface area contributed by atoms with Crippen molar-refractivity contribution in [3.05, 3.63) is 53.6 Å². The van der Waals surface area contributed by atoms with Crippen molar-refractivity contribution in [3.8, 4) is 11.5 Å². The van der Waals surface area contributed by atoms with Crippen LogP contribution in [0.25, 0.3) is 0 Å². The lowest BCUT2D eigenvalue weighted by Gasteiger charge is -2.21. The van der Waals surface area contributed by atoms with Crippen LogP contribution in [0.4, 0.5) is 5.69 Å². The smallest absolute Gasteiger partial charge is 0.335 e. The highest BCUT2D eigenvalue weighted by molar-refractivity contribution is 7.91. The van der Waals surface area contributed by atoms with Crippen LogP contribution in [0.3, 0.4) is 0 Å². The number of ether oxygens (including phenoxy) is 2. The number of aromatic carboxylic acids is 1. The number of carbonyl (C=O) groups excluding carboxylic acids is 1. The van der Waals surface area contributed by atoms with Gasteiger partial charge in [0.05, 0.1) is 32.0 Å². The second-order valence-corrected chi connectivity index (χ2v) is 7.73. The zero-order valence-corrected chi connectivity index (χ0v) is 16.0. The molecule has 10 heteroatoms. The maximum absolute atomic E-state index is 12.9. The van der Waals surface area contributed by atoms with Crippen LogP contribution in [-0.2, 0) is 21.5 Å². The number of rotatable bonds is 6. The first-order valence-electron chi connectivity index (χ1n) is 8.15. The summed E-state index contributed by atoms with van der Waals surface area (Å²) in [6, 6.07) is 10.3. The molecule has 2 aromatic rings. The molecule has 0 atom stereocenters. The first-order chi connectivity index (χ1) is 13.3. The van der Waals surface area contributed by atoms with E-state index in [4.69, 9.17) is 14.6 Å². The van der Waals surface area contributed by atoms with Gasteiger partial charge in [-0.3, -0.25) is 4.79 Å². The van der Waals surface area contributed by atoms with E-state index in [1.165, 1.54) is 38.5 Å². The van der Waals surface area contributed by atoms with E-state index in [1.807, 2.05) is 0 Å². The molecule has 28 heavy (non-hydrogen) atoms. The van der Waals surface area contributed by atoms with Crippen molar-refractivity contribution in [2.24, 2.45) is 0 Å². The summed E-state index contributed by atoms with van der Waals surface area (Å²) in [6.45, 7) is -0.632. The quantitative estimate of drug-likeness (QED) is 0.773. The Bertz CT molecular complexity index is 1040. The fourth-order valence-corrected chi connectivity index (χ4v) is 4.37. The van der Waals surface area contributed by atoms with E-state index in [-0.39, 0.29) is 17.8 Å². The molecule has 1 N–H and O–H groups in total.